The molecule has 3 aromatic rings. The van der Waals surface area contributed by atoms with E-state index in [0.29, 0.717) is 11.3 Å². The van der Waals surface area contributed by atoms with Crippen LogP contribution < -0.4 is 5.56 Å². The summed E-state index contributed by atoms with van der Waals surface area (Å²) in [5.74, 6) is -0.0229. The predicted molar refractivity (Wildman–Crippen MR) is 97.6 cm³/mol. The fraction of sp³-hybridized carbons (Fsp3) is 0.0556. The number of non-ortho nitro benzene ring substituents is 1. The smallest absolute Gasteiger partial charge is 0.270 e. The number of hydrogen-bond donors (Lipinski definition) is 1. The number of rotatable bonds is 5. The lowest BCUT2D eigenvalue weighted by atomic mass is 10.1. The molecule has 0 aliphatic heterocycles. The van der Waals surface area contributed by atoms with Crippen molar-refractivity contribution >= 4 is 17.4 Å². The molecule has 1 N–H and O–H groups in total. The highest BCUT2D eigenvalue weighted by Crippen LogP contribution is 2.25. The van der Waals surface area contributed by atoms with Crippen LogP contribution in [0.3, 0.4) is 0 Å². The van der Waals surface area contributed by atoms with Gasteiger partial charge in [0.2, 0.25) is 0 Å². The number of nitrogens with one attached hydrogen (secondary N) is 1. The highest BCUT2D eigenvalue weighted by Gasteiger charge is 2.14. The molecule has 134 valence electrons. The van der Waals surface area contributed by atoms with Crippen LogP contribution in [0.25, 0.3) is 11.3 Å². The molecule has 0 bridgehead atoms. The van der Waals surface area contributed by atoms with E-state index in [-0.39, 0.29) is 22.1 Å². The zero-order chi connectivity index (χ0) is 19.4. The first-order valence-electron chi connectivity index (χ1n) is 7.64. The normalized spacial score (nSPS) is 10.4. The van der Waals surface area contributed by atoms with E-state index in [2.05, 4.69) is 9.97 Å². The minimum absolute atomic E-state index is 0.00717. The molecule has 7 nitrogen and oxygen atoms in total. The van der Waals surface area contributed by atoms with Crippen LogP contribution in [0.5, 0.6) is 0 Å². The molecule has 2 aromatic carbocycles. The van der Waals surface area contributed by atoms with Gasteiger partial charge in [-0.2, -0.15) is 5.26 Å². The van der Waals surface area contributed by atoms with Crippen LogP contribution in [0.4, 0.5) is 10.1 Å². The highest BCUT2D eigenvalue weighted by atomic mass is 32.2. The van der Waals surface area contributed by atoms with Crippen molar-refractivity contribution in [1.82, 2.24) is 9.97 Å². The molecule has 1 aromatic heterocycles. The standard InChI is InChI=1S/C18H11FN4O3S/c19-13-5-3-12(4-6-13)16-15(9-20)17(24)22-18(21-16)27-10-11-1-7-14(8-2-11)23(25)26/h1-8H,10H2,(H,21,22,24). The molecule has 0 atom stereocenters. The van der Waals surface area contributed by atoms with E-state index in [9.17, 15) is 24.6 Å². The summed E-state index contributed by atoms with van der Waals surface area (Å²) in [5.41, 5.74) is 0.691. The van der Waals surface area contributed by atoms with E-state index in [1.54, 1.807) is 12.1 Å². The first-order chi connectivity index (χ1) is 13.0. The van der Waals surface area contributed by atoms with E-state index < -0.39 is 16.3 Å². The fourth-order valence-corrected chi connectivity index (χ4v) is 3.12. The molecule has 0 aliphatic rings. The Hall–Kier alpha value is -3.51. The van der Waals surface area contributed by atoms with Crippen molar-refractivity contribution in [1.29, 1.82) is 5.26 Å². The van der Waals surface area contributed by atoms with Crippen LogP contribution in [0.1, 0.15) is 11.1 Å². The number of nitriles is 1. The number of halogens is 1. The molecule has 0 unspecified atom stereocenters. The summed E-state index contributed by atoms with van der Waals surface area (Å²) in [4.78, 5) is 29.2. The van der Waals surface area contributed by atoms with E-state index in [1.807, 2.05) is 6.07 Å². The molecular weight excluding hydrogens is 371 g/mol. The van der Waals surface area contributed by atoms with Gasteiger partial charge in [0, 0.05) is 23.4 Å². The van der Waals surface area contributed by atoms with Crippen molar-refractivity contribution in [3.63, 3.8) is 0 Å². The minimum Gasteiger partial charge on any atom is -0.300 e. The van der Waals surface area contributed by atoms with E-state index in [0.717, 1.165) is 5.56 Å². The van der Waals surface area contributed by atoms with Crippen LogP contribution in [0, 0.1) is 27.3 Å². The summed E-state index contributed by atoms with van der Waals surface area (Å²) < 4.78 is 13.1. The lowest BCUT2D eigenvalue weighted by molar-refractivity contribution is -0.384. The monoisotopic (exact) mass is 382 g/mol. The Labute approximate surface area is 156 Å². The van der Waals surface area contributed by atoms with Gasteiger partial charge in [0.15, 0.2) is 5.16 Å². The Bertz CT molecular complexity index is 1090. The van der Waals surface area contributed by atoms with Gasteiger partial charge in [0.05, 0.1) is 10.6 Å². The summed E-state index contributed by atoms with van der Waals surface area (Å²) >= 11 is 1.21. The van der Waals surface area contributed by atoms with Crippen molar-refractivity contribution in [2.75, 3.05) is 0 Å². The number of aromatic nitrogens is 2. The molecule has 0 saturated carbocycles. The van der Waals surface area contributed by atoms with Crippen molar-refractivity contribution in [3.05, 3.63) is 85.9 Å². The first kappa shape index (κ1) is 18.3. The Morgan fingerprint density at radius 2 is 1.85 bits per heavy atom. The van der Waals surface area contributed by atoms with Crippen LogP contribution in [0.15, 0.2) is 58.5 Å². The number of H-pyrrole nitrogens is 1. The molecule has 0 fully saturated rings. The van der Waals surface area contributed by atoms with Gasteiger partial charge in [-0.1, -0.05) is 23.9 Å². The quantitative estimate of drug-likeness (QED) is 0.312. The third-order valence-electron chi connectivity index (χ3n) is 3.65. The van der Waals surface area contributed by atoms with Gasteiger partial charge in [0.25, 0.3) is 11.2 Å². The maximum Gasteiger partial charge on any atom is 0.270 e. The lowest BCUT2D eigenvalue weighted by Gasteiger charge is -2.07. The van der Waals surface area contributed by atoms with Gasteiger partial charge >= 0.3 is 0 Å². The summed E-state index contributed by atoms with van der Waals surface area (Å²) in [6, 6.07) is 13.2. The van der Waals surface area contributed by atoms with Crippen molar-refractivity contribution < 1.29 is 9.31 Å². The summed E-state index contributed by atoms with van der Waals surface area (Å²) in [6.45, 7) is 0. The van der Waals surface area contributed by atoms with E-state index in [1.165, 1.54) is 48.2 Å². The zero-order valence-electron chi connectivity index (χ0n) is 13.7. The van der Waals surface area contributed by atoms with Crippen molar-refractivity contribution in [3.8, 4) is 17.3 Å². The second-order valence-corrected chi connectivity index (χ2v) is 6.39. The van der Waals surface area contributed by atoms with Crippen LogP contribution in [-0.4, -0.2) is 14.9 Å². The highest BCUT2D eigenvalue weighted by molar-refractivity contribution is 7.98. The maximum atomic E-state index is 13.1. The fourth-order valence-electron chi connectivity index (χ4n) is 2.31. The molecule has 9 heteroatoms. The molecule has 0 amide bonds. The third kappa shape index (κ3) is 4.19. The van der Waals surface area contributed by atoms with Crippen LogP contribution in [-0.2, 0) is 5.75 Å². The number of benzene rings is 2. The van der Waals surface area contributed by atoms with E-state index in [4.69, 9.17) is 0 Å². The summed E-state index contributed by atoms with van der Waals surface area (Å²) in [6.07, 6.45) is 0. The number of nitro groups is 1. The molecule has 0 spiro atoms. The first-order valence-corrected chi connectivity index (χ1v) is 8.63. The van der Waals surface area contributed by atoms with Gasteiger partial charge < -0.3 is 4.98 Å². The predicted octanol–water partition coefficient (Wildman–Crippen LogP) is 3.65. The Balaban J connectivity index is 1.88. The molecule has 3 rings (SSSR count). The second kappa shape index (κ2) is 7.80. The van der Waals surface area contributed by atoms with Gasteiger partial charge in [0.1, 0.15) is 17.4 Å². The van der Waals surface area contributed by atoms with Gasteiger partial charge in [-0.05, 0) is 29.8 Å². The molecule has 27 heavy (non-hydrogen) atoms. The summed E-state index contributed by atoms with van der Waals surface area (Å²) in [7, 11) is 0. The van der Waals surface area contributed by atoms with E-state index >= 15 is 0 Å². The van der Waals surface area contributed by atoms with Crippen LogP contribution in [0.2, 0.25) is 0 Å². The van der Waals surface area contributed by atoms with Crippen molar-refractivity contribution in [2.45, 2.75) is 10.9 Å². The molecule has 0 saturated heterocycles. The largest absolute Gasteiger partial charge is 0.300 e. The number of hydrogen-bond acceptors (Lipinski definition) is 6. The average molecular weight is 382 g/mol. The molecule has 1 heterocycles. The van der Waals surface area contributed by atoms with Gasteiger partial charge in [-0.15, -0.1) is 0 Å². The minimum atomic E-state index is -0.585. The number of thioether (sulfide) groups is 1. The second-order valence-electron chi connectivity index (χ2n) is 5.43. The van der Waals surface area contributed by atoms with Crippen LogP contribution >= 0.6 is 11.8 Å². The lowest BCUT2D eigenvalue weighted by Crippen LogP contribution is -2.14. The van der Waals surface area contributed by atoms with Crippen molar-refractivity contribution in [2.24, 2.45) is 0 Å². The molecule has 0 radical (unpaired) electrons. The molecule has 0 aliphatic carbocycles. The maximum absolute atomic E-state index is 13.1. The number of aromatic amines is 1. The molecular formula is C18H11FN4O3S. The topological polar surface area (TPSA) is 113 Å². The number of nitrogens with zero attached hydrogens (tertiary/aromatic N) is 3. The van der Waals surface area contributed by atoms with Gasteiger partial charge in [-0.3, -0.25) is 14.9 Å². The SMILES string of the molecule is N#Cc1c(-c2ccc(F)cc2)nc(SCc2ccc([N+](=O)[O-])cc2)[nH]c1=O. The number of nitro benzene ring substituents is 1. The Morgan fingerprint density at radius 1 is 1.19 bits per heavy atom. The third-order valence-corrected chi connectivity index (χ3v) is 4.59. The average Bonchev–Trinajstić information content (AvgIpc) is 2.67. The Morgan fingerprint density at radius 3 is 2.44 bits per heavy atom. The zero-order valence-corrected chi connectivity index (χ0v) is 14.5. The Kier molecular flexibility index (Phi) is 5.28. The summed E-state index contributed by atoms with van der Waals surface area (Å²) in [5, 5.41) is 20.2. The van der Waals surface area contributed by atoms with Gasteiger partial charge in [-0.25, -0.2) is 9.37 Å².